The zero-order valence-electron chi connectivity index (χ0n) is 16.4. The van der Waals surface area contributed by atoms with Gasteiger partial charge in [-0.1, -0.05) is 47.6 Å². The maximum absolute atomic E-state index is 12.6. The maximum atomic E-state index is 12.6. The van der Waals surface area contributed by atoms with Crippen molar-refractivity contribution < 1.29 is 9.21 Å². The third kappa shape index (κ3) is 4.27. The van der Waals surface area contributed by atoms with Crippen LogP contribution in [0, 0.1) is 13.8 Å². The van der Waals surface area contributed by atoms with Crippen molar-refractivity contribution in [2.75, 3.05) is 11.1 Å². The Morgan fingerprint density at radius 2 is 1.93 bits per heavy atom. The summed E-state index contributed by atoms with van der Waals surface area (Å²) in [6, 6.07) is 17.2. The van der Waals surface area contributed by atoms with Gasteiger partial charge in [-0.15, -0.1) is 10.2 Å². The maximum Gasteiger partial charge on any atom is 0.234 e. The van der Waals surface area contributed by atoms with Gasteiger partial charge in [0.05, 0.1) is 22.7 Å². The van der Waals surface area contributed by atoms with Crippen LogP contribution < -0.4 is 5.32 Å². The zero-order chi connectivity index (χ0) is 21.1. The highest BCUT2D eigenvalue weighted by molar-refractivity contribution is 7.99. The van der Waals surface area contributed by atoms with Gasteiger partial charge < -0.3 is 9.73 Å². The number of hydrogen-bond donors (Lipinski definition) is 1. The summed E-state index contributed by atoms with van der Waals surface area (Å²) < 4.78 is 7.38. The SMILES string of the molecule is Cc1cc(C)c(NC(=O)CSc2nnc(-c3ccco3)n2-c2ccccc2)c(Cl)c1. The number of para-hydroxylation sites is 1. The van der Waals surface area contributed by atoms with Crippen LogP contribution in [0.3, 0.4) is 0 Å². The van der Waals surface area contributed by atoms with Crippen molar-refractivity contribution in [3.05, 3.63) is 77.0 Å². The van der Waals surface area contributed by atoms with Gasteiger partial charge in [0.1, 0.15) is 0 Å². The monoisotopic (exact) mass is 438 g/mol. The summed E-state index contributed by atoms with van der Waals surface area (Å²) in [6.07, 6.45) is 1.59. The van der Waals surface area contributed by atoms with Crippen LogP contribution in [0.2, 0.25) is 5.02 Å². The molecule has 0 saturated heterocycles. The number of amides is 1. The van der Waals surface area contributed by atoms with Crippen molar-refractivity contribution >= 4 is 35.0 Å². The quantitative estimate of drug-likeness (QED) is 0.401. The average molecular weight is 439 g/mol. The van der Waals surface area contributed by atoms with Gasteiger partial charge >= 0.3 is 0 Å². The number of carbonyl (C=O) groups is 1. The smallest absolute Gasteiger partial charge is 0.234 e. The first-order valence-electron chi connectivity index (χ1n) is 9.27. The zero-order valence-corrected chi connectivity index (χ0v) is 18.0. The highest BCUT2D eigenvalue weighted by atomic mass is 35.5. The summed E-state index contributed by atoms with van der Waals surface area (Å²) in [4.78, 5) is 12.6. The van der Waals surface area contributed by atoms with E-state index >= 15 is 0 Å². The van der Waals surface area contributed by atoms with Gasteiger partial charge in [-0.2, -0.15) is 0 Å². The fraction of sp³-hybridized carbons (Fsp3) is 0.136. The number of benzene rings is 2. The first kappa shape index (κ1) is 20.3. The first-order chi connectivity index (χ1) is 14.5. The number of nitrogens with one attached hydrogen (secondary N) is 1. The minimum Gasteiger partial charge on any atom is -0.461 e. The molecule has 4 aromatic rings. The van der Waals surface area contributed by atoms with E-state index in [9.17, 15) is 4.79 Å². The Kier molecular flexibility index (Phi) is 5.92. The lowest BCUT2D eigenvalue weighted by Gasteiger charge is -2.12. The molecule has 0 saturated carbocycles. The molecule has 1 N–H and O–H groups in total. The van der Waals surface area contributed by atoms with Crippen LogP contribution >= 0.6 is 23.4 Å². The van der Waals surface area contributed by atoms with Crippen LogP contribution in [-0.2, 0) is 4.79 Å². The summed E-state index contributed by atoms with van der Waals surface area (Å²) in [5.74, 6) is 1.17. The lowest BCUT2D eigenvalue weighted by Crippen LogP contribution is -2.16. The van der Waals surface area contributed by atoms with Crippen molar-refractivity contribution in [3.8, 4) is 17.3 Å². The van der Waals surface area contributed by atoms with E-state index in [0.717, 1.165) is 16.8 Å². The lowest BCUT2D eigenvalue weighted by molar-refractivity contribution is -0.113. The Labute approximate surface area is 183 Å². The van der Waals surface area contributed by atoms with E-state index in [1.54, 1.807) is 12.3 Å². The van der Waals surface area contributed by atoms with E-state index in [1.165, 1.54) is 11.8 Å². The van der Waals surface area contributed by atoms with Crippen LogP contribution in [0.1, 0.15) is 11.1 Å². The predicted molar refractivity (Wildman–Crippen MR) is 119 cm³/mol. The summed E-state index contributed by atoms with van der Waals surface area (Å²) in [5, 5.41) is 12.6. The van der Waals surface area contributed by atoms with E-state index < -0.39 is 0 Å². The summed E-state index contributed by atoms with van der Waals surface area (Å²) in [5.41, 5.74) is 3.49. The minimum absolute atomic E-state index is 0.159. The number of anilines is 1. The van der Waals surface area contributed by atoms with Crippen molar-refractivity contribution in [2.24, 2.45) is 0 Å². The highest BCUT2D eigenvalue weighted by Gasteiger charge is 2.19. The number of aryl methyl sites for hydroxylation is 2. The van der Waals surface area contributed by atoms with E-state index in [2.05, 4.69) is 15.5 Å². The van der Waals surface area contributed by atoms with E-state index in [-0.39, 0.29) is 11.7 Å². The van der Waals surface area contributed by atoms with Crippen LogP contribution in [-0.4, -0.2) is 26.4 Å². The first-order valence-corrected chi connectivity index (χ1v) is 10.6. The van der Waals surface area contributed by atoms with Gasteiger partial charge in [0, 0.05) is 5.69 Å². The molecule has 4 rings (SSSR count). The predicted octanol–water partition coefficient (Wildman–Crippen LogP) is 5.53. The van der Waals surface area contributed by atoms with Crippen LogP contribution in [0.5, 0.6) is 0 Å². The lowest BCUT2D eigenvalue weighted by atomic mass is 10.1. The molecule has 0 radical (unpaired) electrons. The minimum atomic E-state index is -0.170. The molecule has 152 valence electrons. The molecule has 6 nitrogen and oxygen atoms in total. The molecular weight excluding hydrogens is 420 g/mol. The van der Waals surface area contributed by atoms with Crippen molar-refractivity contribution in [1.29, 1.82) is 0 Å². The summed E-state index contributed by atoms with van der Waals surface area (Å²) in [6.45, 7) is 3.89. The number of furan rings is 1. The van der Waals surface area contributed by atoms with Gasteiger partial charge in [-0.05, 0) is 55.3 Å². The molecule has 1 amide bonds. The normalized spacial score (nSPS) is 10.9. The molecule has 0 aliphatic heterocycles. The number of rotatable bonds is 6. The fourth-order valence-corrected chi connectivity index (χ4v) is 4.24. The number of carbonyl (C=O) groups excluding carboxylic acids is 1. The van der Waals surface area contributed by atoms with Gasteiger partial charge in [0.25, 0.3) is 0 Å². The molecule has 0 aliphatic rings. The Morgan fingerprint density at radius 3 is 2.63 bits per heavy atom. The van der Waals surface area contributed by atoms with Crippen molar-refractivity contribution in [3.63, 3.8) is 0 Å². The van der Waals surface area contributed by atoms with Crippen molar-refractivity contribution in [1.82, 2.24) is 14.8 Å². The Balaban J connectivity index is 1.56. The van der Waals surface area contributed by atoms with Crippen molar-refractivity contribution in [2.45, 2.75) is 19.0 Å². The second kappa shape index (κ2) is 8.77. The molecule has 0 bridgehead atoms. The molecular formula is C22H19ClN4O2S. The topological polar surface area (TPSA) is 73.0 Å². The number of halogens is 1. The Morgan fingerprint density at radius 1 is 1.13 bits per heavy atom. The molecule has 2 aromatic carbocycles. The molecule has 0 unspecified atom stereocenters. The largest absolute Gasteiger partial charge is 0.461 e. The summed E-state index contributed by atoms with van der Waals surface area (Å²) in [7, 11) is 0. The molecule has 0 aliphatic carbocycles. The third-order valence-corrected chi connectivity index (χ3v) is 5.64. The fourth-order valence-electron chi connectivity index (χ4n) is 3.12. The molecule has 2 aromatic heterocycles. The van der Waals surface area contributed by atoms with E-state index in [0.29, 0.717) is 27.5 Å². The van der Waals surface area contributed by atoms with Gasteiger partial charge in [0.2, 0.25) is 11.7 Å². The van der Waals surface area contributed by atoms with Crippen LogP contribution in [0.25, 0.3) is 17.3 Å². The van der Waals surface area contributed by atoms with Crippen LogP contribution in [0.4, 0.5) is 5.69 Å². The number of thioether (sulfide) groups is 1. The number of aromatic nitrogens is 3. The second-order valence-electron chi connectivity index (χ2n) is 6.73. The number of nitrogens with zero attached hydrogens (tertiary/aromatic N) is 3. The summed E-state index contributed by atoms with van der Waals surface area (Å²) >= 11 is 7.60. The molecule has 0 spiro atoms. The Bertz CT molecular complexity index is 1150. The molecule has 30 heavy (non-hydrogen) atoms. The molecule has 2 heterocycles. The van der Waals surface area contributed by atoms with Gasteiger partial charge in [-0.25, -0.2) is 0 Å². The second-order valence-corrected chi connectivity index (χ2v) is 8.08. The standard InChI is InChI=1S/C22H19ClN4O2S/c1-14-11-15(2)20(17(23)12-14)24-19(28)13-30-22-26-25-21(18-9-6-10-29-18)27(22)16-7-4-3-5-8-16/h3-12H,13H2,1-2H3,(H,24,28). The highest BCUT2D eigenvalue weighted by Crippen LogP contribution is 2.30. The average Bonchev–Trinajstić information content (AvgIpc) is 3.39. The number of hydrogen-bond acceptors (Lipinski definition) is 5. The van der Waals surface area contributed by atoms with Gasteiger partial charge in [0.15, 0.2) is 10.9 Å². The van der Waals surface area contributed by atoms with Crippen LogP contribution in [0.15, 0.2) is 70.4 Å². The molecule has 0 atom stereocenters. The molecule has 8 heteroatoms. The van der Waals surface area contributed by atoms with Gasteiger partial charge in [-0.3, -0.25) is 9.36 Å². The Hall–Kier alpha value is -3.03. The van der Waals surface area contributed by atoms with E-state index in [4.69, 9.17) is 16.0 Å². The third-order valence-electron chi connectivity index (χ3n) is 4.42. The van der Waals surface area contributed by atoms with E-state index in [1.807, 2.05) is 66.9 Å². The molecule has 0 fully saturated rings.